The summed E-state index contributed by atoms with van der Waals surface area (Å²) >= 11 is 0. The number of fused-ring (bicyclic) bond motifs is 1. The van der Waals surface area contributed by atoms with Crippen molar-refractivity contribution in [2.45, 2.75) is 18.4 Å². The van der Waals surface area contributed by atoms with Crippen LogP contribution in [-0.4, -0.2) is 31.4 Å². The molecule has 18 heavy (non-hydrogen) atoms. The van der Waals surface area contributed by atoms with E-state index in [-0.39, 0.29) is 10.5 Å². The predicted octanol–water partition coefficient (Wildman–Crippen LogP) is 0.865. The Bertz CT molecular complexity index is 740. The van der Waals surface area contributed by atoms with Crippen molar-refractivity contribution >= 4 is 21.1 Å². The van der Waals surface area contributed by atoms with Gasteiger partial charge in [-0.05, 0) is 19.1 Å². The first kappa shape index (κ1) is 12.8. The quantitative estimate of drug-likeness (QED) is 0.829. The molecule has 0 amide bonds. The minimum absolute atomic E-state index is 0.108. The predicted molar refractivity (Wildman–Crippen MR) is 67.0 cm³/mol. The van der Waals surface area contributed by atoms with Crippen molar-refractivity contribution in [3.8, 4) is 0 Å². The van der Waals surface area contributed by atoms with Crippen LogP contribution in [0.2, 0.25) is 0 Å². The van der Waals surface area contributed by atoms with Crippen molar-refractivity contribution in [1.82, 2.24) is 8.87 Å². The van der Waals surface area contributed by atoms with E-state index >= 15 is 0 Å². The number of aryl methyl sites for hydroxylation is 1. The molecule has 0 fully saturated rings. The molecular weight excluding hydrogens is 256 g/mol. The summed E-state index contributed by atoms with van der Waals surface area (Å²) in [7, 11) is -0.614. The van der Waals surface area contributed by atoms with Crippen LogP contribution in [-0.2, 0) is 16.6 Å². The summed E-state index contributed by atoms with van der Waals surface area (Å²) in [5, 5.41) is 0. The fourth-order valence-corrected chi connectivity index (χ4v) is 2.64. The van der Waals surface area contributed by atoms with Gasteiger partial charge < -0.3 is 4.42 Å². The van der Waals surface area contributed by atoms with Gasteiger partial charge in [0.1, 0.15) is 0 Å². The van der Waals surface area contributed by atoms with E-state index in [2.05, 4.69) is 0 Å². The summed E-state index contributed by atoms with van der Waals surface area (Å²) in [6, 6.07) is 4.43. The Labute approximate surface area is 104 Å². The van der Waals surface area contributed by atoms with Gasteiger partial charge in [0.25, 0.3) is 0 Å². The van der Waals surface area contributed by atoms with Crippen LogP contribution in [0.3, 0.4) is 0 Å². The van der Waals surface area contributed by atoms with E-state index in [1.807, 2.05) is 6.92 Å². The molecule has 1 aromatic heterocycles. The smallest absolute Gasteiger partial charge is 0.408 e. The van der Waals surface area contributed by atoms with Crippen molar-refractivity contribution in [2.75, 3.05) is 14.1 Å². The van der Waals surface area contributed by atoms with Gasteiger partial charge in [-0.3, -0.25) is 4.57 Å². The lowest BCUT2D eigenvalue weighted by molar-refractivity contribution is 0.510. The number of hydrogen-bond donors (Lipinski definition) is 0. The fourth-order valence-electron chi connectivity index (χ4n) is 1.72. The molecule has 0 aliphatic rings. The molecule has 0 saturated carbocycles. The highest BCUT2D eigenvalue weighted by molar-refractivity contribution is 7.89. The van der Waals surface area contributed by atoms with Crippen LogP contribution < -0.4 is 5.76 Å². The third-order valence-corrected chi connectivity index (χ3v) is 4.55. The zero-order chi connectivity index (χ0) is 13.5. The van der Waals surface area contributed by atoms with Crippen molar-refractivity contribution in [1.29, 1.82) is 0 Å². The van der Waals surface area contributed by atoms with Crippen LogP contribution in [0, 0.1) is 0 Å². The molecule has 7 heteroatoms. The molecular formula is C11H14N2O4S. The van der Waals surface area contributed by atoms with Crippen molar-refractivity contribution < 1.29 is 12.8 Å². The highest BCUT2D eigenvalue weighted by Gasteiger charge is 2.19. The van der Waals surface area contributed by atoms with Gasteiger partial charge >= 0.3 is 5.76 Å². The Kier molecular flexibility index (Phi) is 3.04. The number of benzene rings is 1. The summed E-state index contributed by atoms with van der Waals surface area (Å²) in [5.74, 6) is -0.480. The summed E-state index contributed by atoms with van der Waals surface area (Å²) in [4.78, 5) is 11.6. The number of aromatic nitrogens is 1. The molecule has 0 atom stereocenters. The molecule has 0 spiro atoms. The molecule has 98 valence electrons. The molecule has 0 unspecified atom stereocenters. The number of sulfonamides is 1. The maximum Gasteiger partial charge on any atom is 0.419 e. The van der Waals surface area contributed by atoms with E-state index < -0.39 is 15.8 Å². The summed E-state index contributed by atoms with van der Waals surface area (Å²) in [6.07, 6.45) is 0. The first-order valence-electron chi connectivity index (χ1n) is 5.44. The fraction of sp³-hybridized carbons (Fsp3) is 0.364. The van der Waals surface area contributed by atoms with Crippen LogP contribution in [0.1, 0.15) is 6.92 Å². The van der Waals surface area contributed by atoms with Gasteiger partial charge in [0.2, 0.25) is 10.0 Å². The third-order valence-electron chi connectivity index (χ3n) is 2.73. The van der Waals surface area contributed by atoms with Crippen LogP contribution >= 0.6 is 0 Å². The van der Waals surface area contributed by atoms with E-state index in [1.54, 1.807) is 6.07 Å². The summed E-state index contributed by atoms with van der Waals surface area (Å²) in [5.41, 5.74) is 0.880. The third kappa shape index (κ3) is 1.85. The topological polar surface area (TPSA) is 72.5 Å². The molecule has 2 rings (SSSR count). The number of rotatable bonds is 3. The number of nitrogens with zero attached hydrogens (tertiary/aromatic N) is 2. The van der Waals surface area contributed by atoms with E-state index in [9.17, 15) is 13.2 Å². The zero-order valence-corrected chi connectivity index (χ0v) is 11.2. The Hall–Kier alpha value is -1.60. The molecule has 1 aromatic carbocycles. The average Bonchev–Trinajstić information content (AvgIpc) is 2.62. The lowest BCUT2D eigenvalue weighted by Crippen LogP contribution is -2.22. The minimum atomic E-state index is -3.52. The molecule has 0 saturated heterocycles. The monoisotopic (exact) mass is 270 g/mol. The largest absolute Gasteiger partial charge is 0.419 e. The van der Waals surface area contributed by atoms with Crippen LogP contribution in [0.25, 0.3) is 11.1 Å². The SMILES string of the molecule is CCn1c(=O)oc2cc(S(=O)(=O)N(C)C)ccc21. The van der Waals surface area contributed by atoms with Crippen LogP contribution in [0.5, 0.6) is 0 Å². The van der Waals surface area contributed by atoms with Gasteiger partial charge in [-0.1, -0.05) is 0 Å². The Morgan fingerprint density at radius 2 is 2.00 bits per heavy atom. The van der Waals surface area contributed by atoms with E-state index in [4.69, 9.17) is 4.42 Å². The molecule has 0 bridgehead atoms. The Balaban J connectivity index is 2.70. The maximum absolute atomic E-state index is 11.9. The summed E-state index contributed by atoms with van der Waals surface area (Å²) in [6.45, 7) is 2.30. The van der Waals surface area contributed by atoms with Crippen molar-refractivity contribution in [2.24, 2.45) is 0 Å². The molecule has 2 aromatic rings. The first-order chi connectivity index (χ1) is 8.37. The van der Waals surface area contributed by atoms with Gasteiger partial charge in [0.05, 0.1) is 10.4 Å². The van der Waals surface area contributed by atoms with Gasteiger partial charge in [0, 0.05) is 26.7 Å². The molecule has 1 heterocycles. The number of hydrogen-bond acceptors (Lipinski definition) is 4. The molecule has 6 nitrogen and oxygen atoms in total. The normalized spacial score (nSPS) is 12.4. The second-order valence-electron chi connectivity index (χ2n) is 4.03. The zero-order valence-electron chi connectivity index (χ0n) is 10.4. The molecule has 0 N–H and O–H groups in total. The highest BCUT2D eigenvalue weighted by atomic mass is 32.2. The second-order valence-corrected chi connectivity index (χ2v) is 6.18. The Morgan fingerprint density at radius 1 is 1.33 bits per heavy atom. The lowest BCUT2D eigenvalue weighted by Gasteiger charge is -2.10. The van der Waals surface area contributed by atoms with Crippen molar-refractivity contribution in [3.63, 3.8) is 0 Å². The van der Waals surface area contributed by atoms with Gasteiger partial charge in [-0.2, -0.15) is 0 Å². The van der Waals surface area contributed by atoms with Crippen molar-refractivity contribution in [3.05, 3.63) is 28.7 Å². The van der Waals surface area contributed by atoms with Gasteiger partial charge in [-0.25, -0.2) is 17.5 Å². The first-order valence-corrected chi connectivity index (χ1v) is 6.88. The molecule has 0 aliphatic carbocycles. The van der Waals surface area contributed by atoms with E-state index in [0.717, 1.165) is 4.31 Å². The van der Waals surface area contributed by atoms with E-state index in [1.165, 1.54) is 30.8 Å². The van der Waals surface area contributed by atoms with Gasteiger partial charge in [-0.15, -0.1) is 0 Å². The standard InChI is InChI=1S/C11H14N2O4S/c1-4-13-9-6-5-8(18(15,16)12(2)3)7-10(9)17-11(13)14/h5-7H,4H2,1-3H3. The molecule has 0 radical (unpaired) electrons. The number of oxazole rings is 1. The van der Waals surface area contributed by atoms with Crippen LogP contribution in [0.4, 0.5) is 0 Å². The van der Waals surface area contributed by atoms with Crippen LogP contribution in [0.15, 0.2) is 32.3 Å². The maximum atomic E-state index is 11.9. The second kappa shape index (κ2) is 4.25. The Morgan fingerprint density at radius 3 is 2.56 bits per heavy atom. The lowest BCUT2D eigenvalue weighted by atomic mass is 10.3. The van der Waals surface area contributed by atoms with Gasteiger partial charge in [0.15, 0.2) is 5.58 Å². The summed E-state index contributed by atoms with van der Waals surface area (Å²) < 4.78 is 31.5. The van der Waals surface area contributed by atoms with E-state index in [0.29, 0.717) is 12.1 Å². The average molecular weight is 270 g/mol. The molecule has 0 aliphatic heterocycles. The highest BCUT2D eigenvalue weighted by Crippen LogP contribution is 2.20. The minimum Gasteiger partial charge on any atom is -0.408 e.